The summed E-state index contributed by atoms with van der Waals surface area (Å²) in [5.74, 6) is -0.172. The van der Waals surface area contributed by atoms with E-state index >= 15 is 0 Å². The van der Waals surface area contributed by atoms with Gasteiger partial charge in [-0.1, -0.05) is 93.0 Å². The van der Waals surface area contributed by atoms with E-state index in [1.165, 1.54) is 16.6 Å². The van der Waals surface area contributed by atoms with E-state index in [0.717, 1.165) is 0 Å². The highest BCUT2D eigenvalue weighted by atomic mass is 35.5. The van der Waals surface area contributed by atoms with E-state index in [2.05, 4.69) is 89.2 Å². The third-order valence-electron chi connectivity index (χ3n) is 7.18. The van der Waals surface area contributed by atoms with Gasteiger partial charge in [-0.15, -0.1) is 0 Å². The molecule has 2 aromatic carbocycles. The van der Waals surface area contributed by atoms with E-state index in [9.17, 15) is 4.39 Å². The third kappa shape index (κ3) is 5.54. The van der Waals surface area contributed by atoms with Gasteiger partial charge in [0.1, 0.15) is 11.3 Å². The summed E-state index contributed by atoms with van der Waals surface area (Å²) in [6, 6.07) is 21.1. The minimum absolute atomic E-state index is 0.0306. The molecule has 1 fully saturated rings. The van der Waals surface area contributed by atoms with Crippen LogP contribution < -0.4 is 15.3 Å². The van der Waals surface area contributed by atoms with Gasteiger partial charge in [0.15, 0.2) is 11.0 Å². The molecule has 1 unspecified atom stereocenters. The van der Waals surface area contributed by atoms with Crippen molar-refractivity contribution < 1.29 is 13.6 Å². The molecule has 2 aromatic heterocycles. The molecule has 0 radical (unpaired) electrons. The van der Waals surface area contributed by atoms with Crippen molar-refractivity contribution in [3.05, 3.63) is 83.1 Å². The number of pyridine rings is 1. The highest BCUT2D eigenvalue weighted by molar-refractivity contribution is 6.99. The molecule has 1 atom stereocenters. The zero-order valence-corrected chi connectivity index (χ0v) is 24.7. The predicted molar refractivity (Wildman–Crippen MR) is 157 cm³/mol. The van der Waals surface area contributed by atoms with Crippen LogP contribution in [0.2, 0.25) is 15.5 Å². The Morgan fingerprint density at radius 1 is 1.03 bits per heavy atom. The molecule has 0 spiro atoms. The molecule has 5 rings (SSSR count). The minimum Gasteiger partial charge on any atom is -0.407 e. The maximum absolute atomic E-state index is 14.8. The van der Waals surface area contributed by atoms with Crippen LogP contribution in [0.5, 0.6) is 0 Å². The lowest BCUT2D eigenvalue weighted by Gasteiger charge is -2.43. The molecule has 0 bridgehead atoms. The maximum atomic E-state index is 14.8. The number of ether oxygens (including phenoxy) is 1. The Labute approximate surface area is 239 Å². The number of benzene rings is 2. The number of hydrogen-bond acceptors (Lipinski definition) is 6. The van der Waals surface area contributed by atoms with Gasteiger partial charge < -0.3 is 14.1 Å². The van der Waals surface area contributed by atoms with Crippen LogP contribution in [0.25, 0.3) is 10.9 Å². The summed E-state index contributed by atoms with van der Waals surface area (Å²) < 4.78 is 28.0. The van der Waals surface area contributed by atoms with Gasteiger partial charge in [0, 0.05) is 31.8 Å². The number of rotatable bonds is 6. The van der Waals surface area contributed by atoms with Gasteiger partial charge in [0.05, 0.1) is 18.6 Å². The summed E-state index contributed by atoms with van der Waals surface area (Å²) in [5, 5.41) is 2.46. The van der Waals surface area contributed by atoms with E-state index in [1.807, 2.05) is 12.1 Å². The fourth-order valence-corrected chi connectivity index (χ4v) is 10.4. The van der Waals surface area contributed by atoms with Gasteiger partial charge >= 0.3 is 0 Å². The maximum Gasteiger partial charge on any atom is 0.261 e. The highest BCUT2D eigenvalue weighted by Crippen LogP contribution is 2.37. The Morgan fingerprint density at radius 3 is 2.28 bits per heavy atom. The van der Waals surface area contributed by atoms with Crippen LogP contribution in [-0.2, 0) is 9.16 Å². The summed E-state index contributed by atoms with van der Waals surface area (Å²) in [6.45, 7) is 9.43. The molecule has 10 heteroatoms. The SMILES string of the molecule is CC(C)(C)[Si](OCC1COCCN(c2nc(Cl)nc3c(F)c(Cl)ncc23)C1)(c1ccccc1)c1ccccc1. The van der Waals surface area contributed by atoms with Crippen molar-refractivity contribution >= 4 is 58.6 Å². The lowest BCUT2D eigenvalue weighted by molar-refractivity contribution is 0.0992. The smallest absolute Gasteiger partial charge is 0.261 e. The molecule has 39 heavy (non-hydrogen) atoms. The Morgan fingerprint density at radius 2 is 1.67 bits per heavy atom. The second kappa shape index (κ2) is 11.5. The van der Waals surface area contributed by atoms with Crippen molar-refractivity contribution in [1.29, 1.82) is 0 Å². The molecule has 3 heterocycles. The first-order valence-electron chi connectivity index (χ1n) is 13.0. The van der Waals surface area contributed by atoms with Crippen LogP contribution in [0.4, 0.5) is 10.2 Å². The van der Waals surface area contributed by atoms with Gasteiger partial charge in [0.25, 0.3) is 8.32 Å². The van der Waals surface area contributed by atoms with E-state index in [4.69, 9.17) is 32.4 Å². The second-order valence-corrected chi connectivity index (χ2v) is 15.8. The molecule has 204 valence electrons. The normalized spacial score (nSPS) is 16.9. The predicted octanol–water partition coefficient (Wildman–Crippen LogP) is 5.50. The zero-order valence-electron chi connectivity index (χ0n) is 22.2. The molecular formula is C29H31Cl2FN4O2Si. The third-order valence-corrected chi connectivity index (χ3v) is 12.6. The molecule has 0 N–H and O–H groups in total. The summed E-state index contributed by atoms with van der Waals surface area (Å²) in [4.78, 5) is 14.6. The lowest BCUT2D eigenvalue weighted by atomic mass is 10.1. The zero-order chi connectivity index (χ0) is 27.6. The molecule has 4 aromatic rings. The Balaban J connectivity index is 1.49. The Kier molecular flexibility index (Phi) is 8.21. The number of halogens is 3. The minimum atomic E-state index is -2.71. The lowest BCUT2D eigenvalue weighted by Crippen LogP contribution is -2.67. The van der Waals surface area contributed by atoms with Gasteiger partial charge in [0.2, 0.25) is 5.28 Å². The number of fused-ring (bicyclic) bond motifs is 1. The molecule has 1 aliphatic rings. The first-order valence-corrected chi connectivity index (χ1v) is 15.6. The molecule has 1 saturated heterocycles. The van der Waals surface area contributed by atoms with Crippen molar-refractivity contribution in [2.24, 2.45) is 5.92 Å². The van der Waals surface area contributed by atoms with Crippen molar-refractivity contribution in [2.75, 3.05) is 37.8 Å². The van der Waals surface area contributed by atoms with Crippen LogP contribution in [0.15, 0.2) is 66.9 Å². The summed E-state index contributed by atoms with van der Waals surface area (Å²) in [7, 11) is -2.71. The van der Waals surface area contributed by atoms with Crippen molar-refractivity contribution in [2.45, 2.75) is 25.8 Å². The molecule has 1 aliphatic heterocycles. The average Bonchev–Trinajstić information content (AvgIpc) is 3.17. The van der Waals surface area contributed by atoms with Crippen molar-refractivity contribution in [3.8, 4) is 0 Å². The monoisotopic (exact) mass is 584 g/mol. The largest absolute Gasteiger partial charge is 0.407 e. The fourth-order valence-electron chi connectivity index (χ4n) is 5.41. The standard InChI is InChI=1S/C29H31Cl2FN4O2Si/c1-29(2,3)39(21-10-6-4-7-11-21,22-12-8-5-9-13-22)38-19-20-17-36(14-15-37-18-20)27-23-16-33-26(30)24(32)25(23)34-28(31)35-27/h4-13,16,20H,14-15,17-19H2,1-3H3. The van der Waals surface area contributed by atoms with Gasteiger partial charge in [-0.25, -0.2) is 14.4 Å². The quantitative estimate of drug-likeness (QED) is 0.169. The topological polar surface area (TPSA) is 60.4 Å². The number of nitrogens with zero attached hydrogens (tertiary/aromatic N) is 4. The number of aromatic nitrogens is 3. The van der Waals surface area contributed by atoms with E-state index in [-0.39, 0.29) is 26.9 Å². The van der Waals surface area contributed by atoms with E-state index in [1.54, 1.807) is 0 Å². The first-order chi connectivity index (χ1) is 18.7. The molecular weight excluding hydrogens is 554 g/mol. The number of anilines is 1. The van der Waals surface area contributed by atoms with Crippen LogP contribution in [0, 0.1) is 11.7 Å². The summed E-state index contributed by atoms with van der Waals surface area (Å²) in [5.41, 5.74) is 0.0512. The second-order valence-electron chi connectivity index (χ2n) is 10.8. The van der Waals surface area contributed by atoms with Crippen LogP contribution in [0.3, 0.4) is 0 Å². The van der Waals surface area contributed by atoms with Gasteiger partial charge in [-0.3, -0.25) is 0 Å². The van der Waals surface area contributed by atoms with Crippen molar-refractivity contribution in [3.63, 3.8) is 0 Å². The van der Waals surface area contributed by atoms with Crippen LogP contribution in [-0.4, -0.2) is 56.2 Å². The van der Waals surface area contributed by atoms with Gasteiger partial charge in [-0.2, -0.15) is 4.98 Å². The first kappa shape index (κ1) is 27.9. The van der Waals surface area contributed by atoms with Crippen molar-refractivity contribution in [1.82, 2.24) is 15.0 Å². The molecule has 0 aliphatic carbocycles. The highest BCUT2D eigenvalue weighted by Gasteiger charge is 2.50. The average molecular weight is 586 g/mol. The fraction of sp³-hybridized carbons (Fsp3) is 0.345. The van der Waals surface area contributed by atoms with Crippen LogP contribution in [0.1, 0.15) is 20.8 Å². The number of hydrogen-bond donors (Lipinski definition) is 0. The van der Waals surface area contributed by atoms with Gasteiger partial charge in [-0.05, 0) is 27.0 Å². The molecule has 6 nitrogen and oxygen atoms in total. The van der Waals surface area contributed by atoms with E-state index in [0.29, 0.717) is 44.1 Å². The Hall–Kier alpha value is -2.62. The summed E-state index contributed by atoms with van der Waals surface area (Å²) in [6.07, 6.45) is 1.49. The molecule has 0 saturated carbocycles. The van der Waals surface area contributed by atoms with E-state index < -0.39 is 14.1 Å². The molecule has 0 amide bonds. The Bertz CT molecular complexity index is 1400. The van der Waals surface area contributed by atoms with Crippen LogP contribution >= 0.6 is 23.2 Å². The summed E-state index contributed by atoms with van der Waals surface area (Å²) >= 11 is 12.1.